The van der Waals surface area contributed by atoms with Crippen LogP contribution in [-0.4, -0.2) is 6.61 Å². The summed E-state index contributed by atoms with van der Waals surface area (Å²) in [5.74, 6) is 1.71. The van der Waals surface area contributed by atoms with Crippen LogP contribution in [0.3, 0.4) is 0 Å². The van der Waals surface area contributed by atoms with Crippen LogP contribution in [0, 0.1) is 0 Å². The molecule has 0 spiro atoms. The van der Waals surface area contributed by atoms with Crippen LogP contribution in [0.2, 0.25) is 0 Å². The molecule has 0 saturated heterocycles. The first-order valence-corrected chi connectivity index (χ1v) is 6.54. The van der Waals surface area contributed by atoms with Crippen molar-refractivity contribution in [3.63, 3.8) is 0 Å². The van der Waals surface area contributed by atoms with Gasteiger partial charge in [0.05, 0.1) is 6.61 Å². The summed E-state index contributed by atoms with van der Waals surface area (Å²) in [7, 11) is 0. The summed E-state index contributed by atoms with van der Waals surface area (Å²) in [6.07, 6.45) is 5.11. The third-order valence-corrected chi connectivity index (χ3v) is 2.94. The third kappa shape index (κ3) is 3.88. The zero-order valence-corrected chi connectivity index (χ0v) is 10.8. The van der Waals surface area contributed by atoms with Crippen LogP contribution in [0.1, 0.15) is 57.9 Å². The molecule has 0 atom stereocenters. The van der Waals surface area contributed by atoms with Crippen molar-refractivity contribution in [1.82, 2.24) is 0 Å². The topological polar surface area (TPSA) is 9.23 Å². The van der Waals surface area contributed by atoms with E-state index in [1.54, 1.807) is 0 Å². The van der Waals surface area contributed by atoms with Gasteiger partial charge < -0.3 is 4.74 Å². The second-order valence-electron chi connectivity index (χ2n) is 4.28. The Hall–Kier alpha value is -0.980. The summed E-state index contributed by atoms with van der Waals surface area (Å²) in [5.41, 5.74) is 1.46. The van der Waals surface area contributed by atoms with Gasteiger partial charge in [-0.2, -0.15) is 0 Å². The monoisotopic (exact) mass is 220 g/mol. The maximum absolute atomic E-state index is 5.46. The largest absolute Gasteiger partial charge is 0.494 e. The fraction of sp³-hybridized carbons (Fsp3) is 0.600. The first-order valence-electron chi connectivity index (χ1n) is 6.54. The molecule has 90 valence electrons. The van der Waals surface area contributed by atoms with Gasteiger partial charge in [0.1, 0.15) is 5.75 Å². The second kappa shape index (κ2) is 7.32. The Labute approximate surface area is 99.8 Å². The molecule has 0 unspecified atom stereocenters. The van der Waals surface area contributed by atoms with Crippen LogP contribution in [0.4, 0.5) is 0 Å². The minimum atomic E-state index is 0.727. The van der Waals surface area contributed by atoms with Gasteiger partial charge in [0.25, 0.3) is 0 Å². The van der Waals surface area contributed by atoms with E-state index >= 15 is 0 Å². The molecule has 1 aromatic rings. The molecule has 0 bridgehead atoms. The summed E-state index contributed by atoms with van der Waals surface area (Å²) in [6, 6.07) is 8.64. The number of benzene rings is 1. The van der Waals surface area contributed by atoms with Crippen LogP contribution >= 0.6 is 0 Å². The molecule has 1 nitrogen and oxygen atoms in total. The summed E-state index contributed by atoms with van der Waals surface area (Å²) in [4.78, 5) is 0. The quantitative estimate of drug-likeness (QED) is 0.643. The van der Waals surface area contributed by atoms with Crippen LogP contribution in [0.25, 0.3) is 0 Å². The van der Waals surface area contributed by atoms with Gasteiger partial charge in [0.15, 0.2) is 0 Å². The minimum Gasteiger partial charge on any atom is -0.494 e. The standard InChI is InChI=1S/C15H24O/c1-4-7-13(8-5-2)14-9-11-15(12-10-14)16-6-3/h9-13H,4-8H2,1-3H3. The second-order valence-corrected chi connectivity index (χ2v) is 4.28. The molecule has 0 aromatic heterocycles. The fourth-order valence-electron chi connectivity index (χ4n) is 2.18. The van der Waals surface area contributed by atoms with Gasteiger partial charge in [-0.3, -0.25) is 0 Å². The molecule has 0 aliphatic rings. The molecule has 1 heteroatoms. The van der Waals surface area contributed by atoms with Crippen LogP contribution in [0.15, 0.2) is 24.3 Å². The zero-order valence-electron chi connectivity index (χ0n) is 10.8. The van der Waals surface area contributed by atoms with Crippen LogP contribution in [-0.2, 0) is 0 Å². The fourth-order valence-corrected chi connectivity index (χ4v) is 2.18. The van der Waals surface area contributed by atoms with Gasteiger partial charge in [-0.05, 0) is 43.4 Å². The molecule has 1 aromatic carbocycles. The maximum Gasteiger partial charge on any atom is 0.119 e. The summed E-state index contributed by atoms with van der Waals surface area (Å²) in [6.45, 7) is 7.28. The highest BCUT2D eigenvalue weighted by Crippen LogP contribution is 2.27. The molecular weight excluding hydrogens is 196 g/mol. The van der Waals surface area contributed by atoms with E-state index in [0.29, 0.717) is 0 Å². The highest BCUT2D eigenvalue weighted by molar-refractivity contribution is 5.29. The highest BCUT2D eigenvalue weighted by Gasteiger charge is 2.09. The average molecular weight is 220 g/mol. The van der Waals surface area contributed by atoms with E-state index in [0.717, 1.165) is 18.3 Å². The van der Waals surface area contributed by atoms with Gasteiger partial charge in [0, 0.05) is 0 Å². The first kappa shape index (κ1) is 13.1. The summed E-state index contributed by atoms with van der Waals surface area (Å²) < 4.78 is 5.46. The van der Waals surface area contributed by atoms with Crippen molar-refractivity contribution in [3.05, 3.63) is 29.8 Å². The lowest BCUT2D eigenvalue weighted by atomic mass is 9.90. The Bertz CT molecular complexity index is 270. The Morgan fingerprint density at radius 2 is 1.50 bits per heavy atom. The van der Waals surface area contributed by atoms with E-state index < -0.39 is 0 Å². The molecule has 0 amide bonds. The lowest BCUT2D eigenvalue weighted by molar-refractivity contribution is 0.340. The van der Waals surface area contributed by atoms with E-state index in [2.05, 4.69) is 38.1 Å². The molecule has 0 saturated carbocycles. The van der Waals surface area contributed by atoms with E-state index in [4.69, 9.17) is 4.74 Å². The van der Waals surface area contributed by atoms with Crippen molar-refractivity contribution in [1.29, 1.82) is 0 Å². The van der Waals surface area contributed by atoms with E-state index in [1.165, 1.54) is 31.2 Å². The zero-order chi connectivity index (χ0) is 11.8. The minimum absolute atomic E-state index is 0.727. The van der Waals surface area contributed by atoms with Crippen molar-refractivity contribution >= 4 is 0 Å². The van der Waals surface area contributed by atoms with Gasteiger partial charge in [-0.15, -0.1) is 0 Å². The van der Waals surface area contributed by atoms with Crippen molar-refractivity contribution in [2.75, 3.05) is 6.61 Å². The van der Waals surface area contributed by atoms with Crippen molar-refractivity contribution in [2.45, 2.75) is 52.4 Å². The molecule has 0 heterocycles. The molecule has 0 N–H and O–H groups in total. The maximum atomic E-state index is 5.46. The smallest absolute Gasteiger partial charge is 0.119 e. The number of hydrogen-bond donors (Lipinski definition) is 0. The van der Waals surface area contributed by atoms with E-state index in [1.807, 2.05) is 6.92 Å². The Morgan fingerprint density at radius 3 is 1.94 bits per heavy atom. The lowest BCUT2D eigenvalue weighted by Gasteiger charge is -2.16. The molecular formula is C15H24O. The Morgan fingerprint density at radius 1 is 0.938 bits per heavy atom. The molecule has 0 radical (unpaired) electrons. The normalized spacial score (nSPS) is 10.8. The van der Waals surface area contributed by atoms with Gasteiger partial charge in [0.2, 0.25) is 0 Å². The van der Waals surface area contributed by atoms with Crippen molar-refractivity contribution < 1.29 is 4.74 Å². The number of ether oxygens (including phenoxy) is 1. The number of rotatable bonds is 7. The summed E-state index contributed by atoms with van der Waals surface area (Å²) in [5, 5.41) is 0. The lowest BCUT2D eigenvalue weighted by Crippen LogP contribution is -1.98. The van der Waals surface area contributed by atoms with E-state index in [9.17, 15) is 0 Å². The highest BCUT2D eigenvalue weighted by atomic mass is 16.5. The summed E-state index contributed by atoms with van der Waals surface area (Å²) >= 11 is 0. The molecule has 16 heavy (non-hydrogen) atoms. The van der Waals surface area contributed by atoms with Crippen molar-refractivity contribution in [3.8, 4) is 5.75 Å². The van der Waals surface area contributed by atoms with Crippen molar-refractivity contribution in [2.24, 2.45) is 0 Å². The Balaban J connectivity index is 2.68. The molecule has 1 rings (SSSR count). The van der Waals surface area contributed by atoms with Crippen LogP contribution in [0.5, 0.6) is 5.75 Å². The van der Waals surface area contributed by atoms with E-state index in [-0.39, 0.29) is 0 Å². The third-order valence-electron chi connectivity index (χ3n) is 2.94. The first-order chi connectivity index (χ1) is 7.81. The van der Waals surface area contributed by atoms with Gasteiger partial charge in [-0.1, -0.05) is 38.8 Å². The van der Waals surface area contributed by atoms with Crippen LogP contribution < -0.4 is 4.74 Å². The Kier molecular flexibility index (Phi) is 5.99. The molecule has 0 aliphatic carbocycles. The predicted octanol–water partition coefficient (Wildman–Crippen LogP) is 4.77. The SMILES string of the molecule is CCCC(CCC)c1ccc(OCC)cc1. The predicted molar refractivity (Wildman–Crippen MR) is 70.2 cm³/mol. The molecule has 0 fully saturated rings. The molecule has 0 aliphatic heterocycles. The number of hydrogen-bond acceptors (Lipinski definition) is 1. The van der Waals surface area contributed by atoms with Gasteiger partial charge >= 0.3 is 0 Å². The van der Waals surface area contributed by atoms with Gasteiger partial charge in [-0.25, -0.2) is 0 Å². The average Bonchev–Trinajstić information content (AvgIpc) is 2.30.